The predicted octanol–water partition coefficient (Wildman–Crippen LogP) is 3.70. The number of amides is 1. The summed E-state index contributed by atoms with van der Waals surface area (Å²) in [5, 5.41) is 9.27. The largest absolute Gasteiger partial charge is 0.397 e. The molecule has 5 rings (SSSR count). The van der Waals surface area contributed by atoms with Gasteiger partial charge in [0.2, 0.25) is 11.8 Å². The van der Waals surface area contributed by atoms with Crippen molar-refractivity contribution >= 4 is 16.8 Å². The van der Waals surface area contributed by atoms with E-state index in [0.717, 1.165) is 43.6 Å². The van der Waals surface area contributed by atoms with Gasteiger partial charge in [-0.2, -0.15) is 27.9 Å². The molecule has 0 unspecified atom stereocenters. The van der Waals surface area contributed by atoms with Crippen LogP contribution in [0.3, 0.4) is 0 Å². The first-order valence-electron chi connectivity index (χ1n) is 11.8. The highest BCUT2D eigenvalue weighted by Crippen LogP contribution is 2.30. The Hall–Kier alpha value is -3.02. The van der Waals surface area contributed by atoms with Gasteiger partial charge in [0.05, 0.1) is 5.69 Å². The van der Waals surface area contributed by atoms with Crippen molar-refractivity contribution in [1.82, 2.24) is 29.7 Å². The number of benzene rings is 1. The normalized spacial score (nSPS) is 18.4. The lowest BCUT2D eigenvalue weighted by molar-refractivity contribution is -0.166. The van der Waals surface area contributed by atoms with Gasteiger partial charge >= 0.3 is 6.18 Å². The summed E-state index contributed by atoms with van der Waals surface area (Å²) >= 11 is 0. The van der Waals surface area contributed by atoms with E-state index in [0.29, 0.717) is 30.9 Å². The summed E-state index contributed by atoms with van der Waals surface area (Å²) in [4.78, 5) is 19.7. The van der Waals surface area contributed by atoms with Crippen LogP contribution in [0.15, 0.2) is 22.7 Å². The first-order chi connectivity index (χ1) is 16.7. The number of fused-ring (bicyclic) bond motifs is 1. The van der Waals surface area contributed by atoms with E-state index in [1.807, 2.05) is 13.0 Å². The zero-order valence-corrected chi connectivity index (χ0v) is 19.3. The lowest BCUT2D eigenvalue weighted by Gasteiger charge is -2.43. The number of rotatable bonds is 6. The van der Waals surface area contributed by atoms with Gasteiger partial charge < -0.3 is 14.3 Å². The third-order valence-corrected chi connectivity index (χ3v) is 6.80. The number of para-hydroxylation sites is 1. The van der Waals surface area contributed by atoms with Gasteiger partial charge in [-0.3, -0.25) is 4.79 Å². The molecule has 4 heterocycles. The number of halogens is 4. The number of piperidine rings is 1. The minimum atomic E-state index is -4.46. The van der Waals surface area contributed by atoms with E-state index < -0.39 is 24.3 Å². The molecular weight excluding hydrogens is 468 g/mol. The van der Waals surface area contributed by atoms with Crippen LogP contribution in [0.25, 0.3) is 16.9 Å². The Labute approximate surface area is 198 Å². The van der Waals surface area contributed by atoms with Crippen molar-refractivity contribution in [3.05, 3.63) is 35.6 Å². The van der Waals surface area contributed by atoms with Crippen molar-refractivity contribution in [1.29, 1.82) is 0 Å². The van der Waals surface area contributed by atoms with Crippen molar-refractivity contribution < 1.29 is 26.9 Å². The molecule has 0 atom stereocenters. The molecule has 0 spiro atoms. The minimum absolute atomic E-state index is 0.0658. The quantitative estimate of drug-likeness (QED) is 0.487. The number of likely N-dealkylation sites (tertiary alicyclic amines) is 2. The van der Waals surface area contributed by atoms with Gasteiger partial charge in [-0.05, 0) is 43.6 Å². The van der Waals surface area contributed by atoms with Gasteiger partial charge in [-0.1, -0.05) is 19.1 Å². The highest BCUT2D eigenvalue weighted by molar-refractivity contribution is 5.83. The fourth-order valence-electron chi connectivity index (χ4n) is 4.97. The molecule has 0 N–H and O–H groups in total. The van der Waals surface area contributed by atoms with Gasteiger partial charge in [-0.15, -0.1) is 0 Å². The van der Waals surface area contributed by atoms with Gasteiger partial charge in [0, 0.05) is 36.9 Å². The highest BCUT2D eigenvalue weighted by atomic mass is 19.4. The van der Waals surface area contributed by atoms with E-state index >= 15 is 0 Å². The molecule has 188 valence electrons. The van der Waals surface area contributed by atoms with E-state index in [2.05, 4.69) is 20.1 Å². The summed E-state index contributed by atoms with van der Waals surface area (Å²) in [7, 11) is 0. The number of aryl methyl sites for hydroxylation is 1. The molecule has 1 amide bonds. The van der Waals surface area contributed by atoms with E-state index in [9.17, 15) is 22.4 Å². The molecule has 2 fully saturated rings. The van der Waals surface area contributed by atoms with Crippen LogP contribution < -0.4 is 0 Å². The zero-order chi connectivity index (χ0) is 24.7. The lowest BCUT2D eigenvalue weighted by Crippen LogP contribution is -2.55. The summed E-state index contributed by atoms with van der Waals surface area (Å²) in [6.07, 6.45) is -3.63. The standard InChI is InChI=1S/C23H26F4N6O2/c1-2-18-16-4-3-5-17(24)20(16)33(29-18)22-28-21(35-30-22)15-6-8-31(9-7-15)11-14-12-32(13-14)19(34)10-23(25,26)27/h3-5,14-15H,2,6-13H2,1H3. The van der Waals surface area contributed by atoms with Crippen LogP contribution in [-0.2, 0) is 11.2 Å². The topological polar surface area (TPSA) is 80.3 Å². The minimum Gasteiger partial charge on any atom is -0.342 e. The average molecular weight is 494 g/mol. The molecule has 12 heteroatoms. The fraction of sp³-hybridized carbons (Fsp3) is 0.565. The van der Waals surface area contributed by atoms with Crippen molar-refractivity contribution in [2.45, 2.75) is 44.7 Å². The number of carbonyl (C=O) groups excluding carboxylic acids is 1. The summed E-state index contributed by atoms with van der Waals surface area (Å²) in [5.41, 5.74) is 1.09. The molecule has 0 bridgehead atoms. The Morgan fingerprint density at radius 1 is 1.20 bits per heavy atom. The van der Waals surface area contributed by atoms with Crippen molar-refractivity contribution in [3.63, 3.8) is 0 Å². The van der Waals surface area contributed by atoms with E-state index in [4.69, 9.17) is 4.52 Å². The number of alkyl halides is 3. The van der Waals surface area contributed by atoms with Crippen molar-refractivity contribution in [2.24, 2.45) is 5.92 Å². The number of carbonyl (C=O) groups is 1. The molecule has 2 aromatic heterocycles. The summed E-state index contributed by atoms with van der Waals surface area (Å²) in [6.45, 7) is 5.01. The Kier molecular flexibility index (Phi) is 6.24. The number of nitrogens with zero attached hydrogens (tertiary/aromatic N) is 6. The second-order valence-corrected chi connectivity index (χ2v) is 9.31. The Morgan fingerprint density at radius 3 is 2.63 bits per heavy atom. The molecule has 8 nitrogen and oxygen atoms in total. The summed E-state index contributed by atoms with van der Waals surface area (Å²) < 4.78 is 58.6. The van der Waals surface area contributed by atoms with Crippen LogP contribution in [0.5, 0.6) is 0 Å². The van der Waals surface area contributed by atoms with Gasteiger partial charge in [-0.25, -0.2) is 4.39 Å². The Bertz CT molecular complexity index is 1210. The van der Waals surface area contributed by atoms with E-state index in [1.54, 1.807) is 6.07 Å². The Balaban J connectivity index is 1.16. The second-order valence-electron chi connectivity index (χ2n) is 9.31. The second kappa shape index (κ2) is 9.21. The molecule has 2 aliphatic rings. The van der Waals surface area contributed by atoms with Crippen molar-refractivity contribution in [3.8, 4) is 5.95 Å². The van der Waals surface area contributed by atoms with E-state index in [1.165, 1.54) is 15.6 Å². The average Bonchev–Trinajstić information content (AvgIpc) is 3.40. The molecule has 1 aromatic carbocycles. The molecule has 2 saturated heterocycles. The van der Waals surface area contributed by atoms with E-state index in [-0.39, 0.29) is 17.8 Å². The molecule has 35 heavy (non-hydrogen) atoms. The predicted molar refractivity (Wildman–Crippen MR) is 117 cm³/mol. The first kappa shape index (κ1) is 23.7. The number of aromatic nitrogens is 4. The van der Waals surface area contributed by atoms with Gasteiger partial charge in [0.15, 0.2) is 0 Å². The van der Waals surface area contributed by atoms with Crippen LogP contribution in [0.2, 0.25) is 0 Å². The third-order valence-electron chi connectivity index (χ3n) is 6.80. The van der Waals surface area contributed by atoms with Crippen LogP contribution >= 0.6 is 0 Å². The molecular formula is C23H26F4N6O2. The summed E-state index contributed by atoms with van der Waals surface area (Å²) in [6, 6.07) is 4.86. The molecule has 2 aliphatic heterocycles. The first-order valence-corrected chi connectivity index (χ1v) is 11.8. The van der Waals surface area contributed by atoms with Crippen LogP contribution in [0.1, 0.15) is 43.7 Å². The van der Waals surface area contributed by atoms with Crippen LogP contribution in [0, 0.1) is 11.7 Å². The SMILES string of the molecule is CCc1nn(-c2noc(C3CCN(CC4CN(C(=O)CC(F)(F)F)C4)CC3)n2)c2c(F)cccc12. The third kappa shape index (κ3) is 4.89. The summed E-state index contributed by atoms with van der Waals surface area (Å²) in [5.74, 6) is -0.300. The molecule has 0 radical (unpaired) electrons. The molecule has 3 aromatic rings. The van der Waals surface area contributed by atoms with Gasteiger partial charge in [0.1, 0.15) is 17.8 Å². The van der Waals surface area contributed by atoms with Crippen molar-refractivity contribution in [2.75, 3.05) is 32.7 Å². The monoisotopic (exact) mass is 494 g/mol. The highest BCUT2D eigenvalue weighted by Gasteiger charge is 2.39. The Morgan fingerprint density at radius 2 is 1.94 bits per heavy atom. The van der Waals surface area contributed by atoms with Crippen LogP contribution in [0.4, 0.5) is 17.6 Å². The lowest BCUT2D eigenvalue weighted by atomic mass is 9.93. The molecule has 0 aliphatic carbocycles. The zero-order valence-electron chi connectivity index (χ0n) is 19.3. The molecule has 0 saturated carbocycles. The number of hydrogen-bond donors (Lipinski definition) is 0. The maximum Gasteiger partial charge on any atom is 0.397 e. The van der Waals surface area contributed by atoms with Gasteiger partial charge in [0.25, 0.3) is 5.95 Å². The maximum absolute atomic E-state index is 14.5. The number of hydrogen-bond acceptors (Lipinski definition) is 6. The maximum atomic E-state index is 14.5. The van der Waals surface area contributed by atoms with Crippen LogP contribution in [-0.4, -0.2) is 74.5 Å². The smallest absolute Gasteiger partial charge is 0.342 e. The fourth-order valence-corrected chi connectivity index (χ4v) is 4.97.